The molecule has 0 aromatic carbocycles. The highest BCUT2D eigenvalue weighted by molar-refractivity contribution is 4.75. The Morgan fingerprint density at radius 3 is 2.64 bits per heavy atom. The lowest BCUT2D eigenvalue weighted by Gasteiger charge is -2.23. The molecular weight excluding hydrogens is 186 g/mol. The fraction of sp³-hybridized carbons (Fsp3) is 1.00. The smallest absolute Gasteiger partial charge is 0.0894 e. The standard InChI is InChI=1S/C9H21NO4/c1-9(13,3-4-14-2)7-10-5-8(12)6-11/h8,10-13H,3-7H2,1-2H3/t8-,9?/m0/s1. The number of aliphatic hydroxyl groups excluding tert-OH is 2. The number of hydrogen-bond donors (Lipinski definition) is 4. The molecule has 4 N–H and O–H groups in total. The van der Waals surface area contributed by atoms with Gasteiger partial charge in [-0.2, -0.15) is 0 Å². The summed E-state index contributed by atoms with van der Waals surface area (Å²) in [7, 11) is 1.58. The lowest BCUT2D eigenvalue weighted by Crippen LogP contribution is -2.42. The van der Waals surface area contributed by atoms with Gasteiger partial charge in [0.05, 0.1) is 18.3 Å². The molecule has 0 amide bonds. The Balaban J connectivity index is 3.54. The molecule has 0 aliphatic carbocycles. The number of methoxy groups -OCH3 is 1. The average molecular weight is 207 g/mol. The van der Waals surface area contributed by atoms with Gasteiger partial charge in [-0.3, -0.25) is 0 Å². The maximum atomic E-state index is 9.74. The minimum absolute atomic E-state index is 0.271. The second kappa shape index (κ2) is 7.14. The normalized spacial score (nSPS) is 17.8. The zero-order valence-corrected chi connectivity index (χ0v) is 8.86. The number of nitrogens with one attached hydrogen (secondary N) is 1. The highest BCUT2D eigenvalue weighted by Crippen LogP contribution is 2.07. The Labute approximate surface area is 84.7 Å². The Hall–Kier alpha value is -0.200. The predicted molar refractivity (Wildman–Crippen MR) is 53.1 cm³/mol. The summed E-state index contributed by atoms with van der Waals surface area (Å²) < 4.78 is 4.85. The fourth-order valence-electron chi connectivity index (χ4n) is 0.983. The van der Waals surface area contributed by atoms with Crippen LogP contribution in [-0.2, 0) is 4.74 Å². The molecule has 0 spiro atoms. The number of aliphatic hydroxyl groups is 3. The lowest BCUT2D eigenvalue weighted by molar-refractivity contribution is 0.0201. The summed E-state index contributed by atoms with van der Waals surface area (Å²) in [4.78, 5) is 0. The fourth-order valence-corrected chi connectivity index (χ4v) is 0.983. The van der Waals surface area contributed by atoms with Crippen molar-refractivity contribution >= 4 is 0 Å². The molecule has 14 heavy (non-hydrogen) atoms. The van der Waals surface area contributed by atoms with Crippen LogP contribution in [0.4, 0.5) is 0 Å². The van der Waals surface area contributed by atoms with Gasteiger partial charge in [0.15, 0.2) is 0 Å². The van der Waals surface area contributed by atoms with Crippen molar-refractivity contribution in [3.05, 3.63) is 0 Å². The molecule has 0 fully saturated rings. The van der Waals surface area contributed by atoms with Crippen LogP contribution in [-0.4, -0.2) is 60.4 Å². The predicted octanol–water partition coefficient (Wildman–Crippen LogP) is -1.28. The molecular formula is C9H21NO4. The summed E-state index contributed by atoms with van der Waals surface area (Å²) in [5, 5.41) is 30.2. The lowest BCUT2D eigenvalue weighted by atomic mass is 10.0. The second-order valence-corrected chi connectivity index (χ2v) is 3.71. The SMILES string of the molecule is COCCC(C)(O)CNC[C@H](O)CO. The van der Waals surface area contributed by atoms with Crippen LogP contribution in [0.15, 0.2) is 0 Å². The zero-order valence-electron chi connectivity index (χ0n) is 8.86. The van der Waals surface area contributed by atoms with E-state index < -0.39 is 11.7 Å². The molecule has 0 aliphatic rings. The van der Waals surface area contributed by atoms with Gasteiger partial charge in [-0.25, -0.2) is 0 Å². The van der Waals surface area contributed by atoms with Crippen LogP contribution in [0, 0.1) is 0 Å². The van der Waals surface area contributed by atoms with Crippen LogP contribution in [0.2, 0.25) is 0 Å². The van der Waals surface area contributed by atoms with E-state index in [0.29, 0.717) is 19.6 Å². The third kappa shape index (κ3) is 7.23. The number of ether oxygens (including phenoxy) is 1. The summed E-state index contributed by atoms with van der Waals surface area (Å²) in [6.45, 7) is 2.57. The van der Waals surface area contributed by atoms with Crippen molar-refractivity contribution in [2.24, 2.45) is 0 Å². The first-order valence-corrected chi connectivity index (χ1v) is 4.73. The van der Waals surface area contributed by atoms with Gasteiger partial charge < -0.3 is 25.4 Å². The van der Waals surface area contributed by atoms with E-state index in [0.717, 1.165) is 0 Å². The second-order valence-electron chi connectivity index (χ2n) is 3.71. The third-order valence-corrected chi connectivity index (χ3v) is 1.94. The van der Waals surface area contributed by atoms with Gasteiger partial charge in [0.1, 0.15) is 0 Å². The third-order valence-electron chi connectivity index (χ3n) is 1.94. The molecule has 5 nitrogen and oxygen atoms in total. The molecule has 0 aromatic rings. The maximum absolute atomic E-state index is 9.74. The van der Waals surface area contributed by atoms with E-state index >= 15 is 0 Å². The monoisotopic (exact) mass is 207 g/mol. The van der Waals surface area contributed by atoms with Gasteiger partial charge in [0.2, 0.25) is 0 Å². The van der Waals surface area contributed by atoms with Crippen molar-refractivity contribution in [1.29, 1.82) is 0 Å². The van der Waals surface area contributed by atoms with Crippen LogP contribution in [0.5, 0.6) is 0 Å². The van der Waals surface area contributed by atoms with Gasteiger partial charge in [-0.1, -0.05) is 0 Å². The first kappa shape index (κ1) is 13.8. The van der Waals surface area contributed by atoms with Crippen LogP contribution in [0.3, 0.4) is 0 Å². The molecule has 86 valence electrons. The average Bonchev–Trinajstić information content (AvgIpc) is 2.14. The molecule has 2 atom stereocenters. The van der Waals surface area contributed by atoms with Crippen LogP contribution in [0.1, 0.15) is 13.3 Å². The van der Waals surface area contributed by atoms with Gasteiger partial charge in [0.25, 0.3) is 0 Å². The molecule has 0 bridgehead atoms. The van der Waals surface area contributed by atoms with E-state index in [4.69, 9.17) is 14.9 Å². The summed E-state index contributed by atoms with van der Waals surface area (Å²) >= 11 is 0. The molecule has 0 heterocycles. The van der Waals surface area contributed by atoms with Crippen LogP contribution < -0.4 is 5.32 Å². The van der Waals surface area contributed by atoms with Crippen molar-refractivity contribution in [2.45, 2.75) is 25.0 Å². The maximum Gasteiger partial charge on any atom is 0.0894 e. The van der Waals surface area contributed by atoms with Crippen molar-refractivity contribution < 1.29 is 20.1 Å². The highest BCUT2D eigenvalue weighted by Gasteiger charge is 2.19. The van der Waals surface area contributed by atoms with Gasteiger partial charge in [-0.05, 0) is 6.92 Å². The van der Waals surface area contributed by atoms with Gasteiger partial charge >= 0.3 is 0 Å². The Kier molecular flexibility index (Phi) is 7.04. The van der Waals surface area contributed by atoms with Crippen molar-refractivity contribution in [2.75, 3.05) is 33.4 Å². The minimum atomic E-state index is -0.842. The molecule has 0 saturated carbocycles. The van der Waals surface area contributed by atoms with Crippen molar-refractivity contribution in [3.8, 4) is 0 Å². The molecule has 0 aromatic heterocycles. The Bertz CT molecular complexity index is 141. The first-order valence-electron chi connectivity index (χ1n) is 4.73. The Morgan fingerprint density at radius 2 is 2.14 bits per heavy atom. The van der Waals surface area contributed by atoms with E-state index in [1.165, 1.54) is 0 Å². The number of hydrogen-bond acceptors (Lipinski definition) is 5. The summed E-state index contributed by atoms with van der Waals surface area (Å²) in [5.74, 6) is 0. The molecule has 0 radical (unpaired) electrons. The van der Waals surface area contributed by atoms with Crippen molar-refractivity contribution in [1.82, 2.24) is 5.32 Å². The molecule has 5 heteroatoms. The first-order chi connectivity index (χ1) is 6.52. The topological polar surface area (TPSA) is 82.0 Å². The number of rotatable bonds is 8. The largest absolute Gasteiger partial charge is 0.394 e. The van der Waals surface area contributed by atoms with E-state index in [2.05, 4.69) is 5.32 Å². The van der Waals surface area contributed by atoms with Gasteiger partial charge in [0, 0.05) is 33.2 Å². The van der Waals surface area contributed by atoms with Crippen LogP contribution in [0.25, 0.3) is 0 Å². The molecule has 0 rings (SSSR count). The summed E-state index contributed by atoms with van der Waals surface area (Å²) in [6.07, 6.45) is -0.237. The molecule has 1 unspecified atom stereocenters. The zero-order chi connectivity index (χ0) is 11.0. The van der Waals surface area contributed by atoms with Crippen LogP contribution >= 0.6 is 0 Å². The van der Waals surface area contributed by atoms with Crippen molar-refractivity contribution in [3.63, 3.8) is 0 Å². The Morgan fingerprint density at radius 1 is 1.50 bits per heavy atom. The highest BCUT2D eigenvalue weighted by atomic mass is 16.5. The summed E-state index contributed by atoms with van der Waals surface area (Å²) in [6, 6.07) is 0. The van der Waals surface area contributed by atoms with E-state index in [1.807, 2.05) is 0 Å². The summed E-state index contributed by atoms with van der Waals surface area (Å²) in [5.41, 5.74) is -0.842. The quantitative estimate of drug-likeness (QED) is 0.398. The molecule has 0 aliphatic heterocycles. The van der Waals surface area contributed by atoms with E-state index in [-0.39, 0.29) is 13.2 Å². The van der Waals surface area contributed by atoms with E-state index in [9.17, 15) is 5.11 Å². The van der Waals surface area contributed by atoms with E-state index in [1.54, 1.807) is 14.0 Å². The molecule has 0 saturated heterocycles. The van der Waals surface area contributed by atoms with Gasteiger partial charge in [-0.15, -0.1) is 0 Å². The minimum Gasteiger partial charge on any atom is -0.394 e.